The molecule has 0 fully saturated rings. The summed E-state index contributed by atoms with van der Waals surface area (Å²) in [6, 6.07) is 9.96. The van der Waals surface area contributed by atoms with Crippen LogP contribution in [-0.2, 0) is 14.3 Å². The fraction of sp³-hybridized carbons (Fsp3) is 0.167. The Morgan fingerprint density at radius 1 is 1.14 bits per heavy atom. The highest BCUT2D eigenvalue weighted by molar-refractivity contribution is 6.33. The second-order valence-corrected chi connectivity index (χ2v) is 6.01. The van der Waals surface area contributed by atoms with Gasteiger partial charge in [-0.05, 0) is 30.3 Å². The second-order valence-electron chi connectivity index (χ2n) is 5.60. The summed E-state index contributed by atoms with van der Waals surface area (Å²) in [5.41, 5.74) is 4.15. The number of amides is 2. The summed E-state index contributed by atoms with van der Waals surface area (Å²) < 4.78 is 28.6. The molecule has 2 amide bonds. The number of hydrazine groups is 1. The molecular weight excluding hydrogens is 395 g/mol. The first-order valence-electron chi connectivity index (χ1n) is 8.03. The Bertz CT molecular complexity index is 923. The average molecular weight is 409 g/mol. The van der Waals surface area contributed by atoms with Crippen LogP contribution in [0.25, 0.3) is 0 Å². The van der Waals surface area contributed by atoms with E-state index in [4.69, 9.17) is 25.8 Å². The fourth-order valence-electron chi connectivity index (χ4n) is 2.26. The van der Waals surface area contributed by atoms with Crippen LogP contribution >= 0.6 is 11.6 Å². The SMILES string of the molecule is O=C(COC(=O)c1ccc(F)cc1Cl)NNC(=O)C1COc2ccccc2O1. The topological polar surface area (TPSA) is 103 Å². The number of hydrogen-bond acceptors (Lipinski definition) is 6. The molecule has 0 radical (unpaired) electrons. The molecule has 0 saturated heterocycles. The van der Waals surface area contributed by atoms with E-state index in [1.807, 2.05) is 0 Å². The van der Waals surface area contributed by atoms with Crippen molar-refractivity contribution < 1.29 is 33.0 Å². The van der Waals surface area contributed by atoms with Gasteiger partial charge in [-0.25, -0.2) is 9.18 Å². The fourth-order valence-corrected chi connectivity index (χ4v) is 2.50. The minimum Gasteiger partial charge on any atom is -0.485 e. The first-order chi connectivity index (χ1) is 13.4. The maximum atomic E-state index is 13.0. The number of ether oxygens (including phenoxy) is 3. The largest absolute Gasteiger partial charge is 0.485 e. The van der Waals surface area contributed by atoms with Gasteiger partial charge >= 0.3 is 5.97 Å². The zero-order valence-corrected chi connectivity index (χ0v) is 15.0. The molecule has 8 nitrogen and oxygen atoms in total. The van der Waals surface area contributed by atoms with Crippen LogP contribution in [0.5, 0.6) is 11.5 Å². The van der Waals surface area contributed by atoms with Crippen molar-refractivity contribution in [2.24, 2.45) is 0 Å². The van der Waals surface area contributed by atoms with Crippen LogP contribution in [-0.4, -0.2) is 37.1 Å². The number of hydrogen-bond donors (Lipinski definition) is 2. The summed E-state index contributed by atoms with van der Waals surface area (Å²) in [4.78, 5) is 35.6. The third-order valence-electron chi connectivity index (χ3n) is 3.61. The molecule has 146 valence electrons. The van der Waals surface area contributed by atoms with Crippen LogP contribution in [0.1, 0.15) is 10.4 Å². The zero-order valence-electron chi connectivity index (χ0n) is 14.2. The van der Waals surface area contributed by atoms with E-state index >= 15 is 0 Å². The number of carbonyl (C=O) groups is 3. The summed E-state index contributed by atoms with van der Waals surface area (Å²) >= 11 is 5.74. The maximum Gasteiger partial charge on any atom is 0.340 e. The summed E-state index contributed by atoms with van der Waals surface area (Å²) in [7, 11) is 0. The summed E-state index contributed by atoms with van der Waals surface area (Å²) in [6.07, 6.45) is -0.962. The number of esters is 1. The monoisotopic (exact) mass is 408 g/mol. The molecule has 0 saturated carbocycles. The predicted molar refractivity (Wildman–Crippen MR) is 94.3 cm³/mol. The average Bonchev–Trinajstić information content (AvgIpc) is 2.69. The lowest BCUT2D eigenvalue weighted by molar-refractivity contribution is -0.135. The molecule has 2 N–H and O–H groups in total. The van der Waals surface area contributed by atoms with Crippen molar-refractivity contribution in [3.63, 3.8) is 0 Å². The van der Waals surface area contributed by atoms with Crippen molar-refractivity contribution in [3.05, 3.63) is 58.9 Å². The lowest BCUT2D eigenvalue weighted by Gasteiger charge is -2.25. The van der Waals surface area contributed by atoms with Crippen LogP contribution < -0.4 is 20.3 Å². The lowest BCUT2D eigenvalue weighted by atomic mass is 10.2. The Balaban J connectivity index is 1.44. The van der Waals surface area contributed by atoms with Crippen LogP contribution in [0.4, 0.5) is 4.39 Å². The quantitative estimate of drug-likeness (QED) is 0.588. The molecule has 0 spiro atoms. The van der Waals surface area contributed by atoms with Gasteiger partial charge < -0.3 is 14.2 Å². The van der Waals surface area contributed by atoms with Gasteiger partial charge in [0.15, 0.2) is 18.1 Å². The molecule has 28 heavy (non-hydrogen) atoms. The molecule has 1 heterocycles. The number of rotatable bonds is 4. The molecular formula is C18H14ClFN2O6. The van der Waals surface area contributed by atoms with E-state index in [-0.39, 0.29) is 17.2 Å². The highest BCUT2D eigenvalue weighted by atomic mass is 35.5. The Kier molecular flexibility index (Phi) is 5.95. The lowest BCUT2D eigenvalue weighted by Crippen LogP contribution is -2.51. The minimum atomic E-state index is -0.962. The molecule has 2 aromatic carbocycles. The van der Waals surface area contributed by atoms with E-state index < -0.39 is 36.3 Å². The molecule has 1 unspecified atom stereocenters. The van der Waals surface area contributed by atoms with Crippen molar-refractivity contribution >= 4 is 29.4 Å². The molecule has 1 aliphatic heterocycles. The van der Waals surface area contributed by atoms with Gasteiger partial charge in [0.05, 0.1) is 10.6 Å². The summed E-state index contributed by atoms with van der Waals surface area (Å²) in [5.74, 6) is -2.04. The van der Waals surface area contributed by atoms with Gasteiger partial charge in [0.2, 0.25) is 6.10 Å². The van der Waals surface area contributed by atoms with Crippen LogP contribution in [0.3, 0.4) is 0 Å². The highest BCUT2D eigenvalue weighted by Crippen LogP contribution is 2.30. The predicted octanol–water partition coefficient (Wildman–Crippen LogP) is 1.62. The maximum absolute atomic E-state index is 13.0. The van der Waals surface area contributed by atoms with E-state index in [2.05, 4.69) is 10.9 Å². The summed E-state index contributed by atoms with van der Waals surface area (Å²) in [5, 5.41) is -0.145. The number of halogens is 2. The molecule has 0 aliphatic carbocycles. The molecule has 3 rings (SSSR count). The van der Waals surface area contributed by atoms with Gasteiger partial charge in [-0.15, -0.1) is 0 Å². The first-order valence-corrected chi connectivity index (χ1v) is 8.41. The third-order valence-corrected chi connectivity index (χ3v) is 3.92. The van der Waals surface area contributed by atoms with Crippen molar-refractivity contribution in [3.8, 4) is 11.5 Å². The van der Waals surface area contributed by atoms with E-state index in [0.717, 1.165) is 18.2 Å². The standard InChI is InChI=1S/C18H14ClFN2O6/c19-12-7-10(20)5-6-11(12)18(25)27-9-16(23)21-22-17(24)15-8-26-13-3-1-2-4-14(13)28-15/h1-7,15H,8-9H2,(H,21,23)(H,22,24). The molecule has 10 heteroatoms. The van der Waals surface area contributed by atoms with Gasteiger partial charge in [-0.2, -0.15) is 0 Å². The Morgan fingerprint density at radius 3 is 2.64 bits per heavy atom. The second kappa shape index (κ2) is 8.57. The van der Waals surface area contributed by atoms with Crippen LogP contribution in [0, 0.1) is 5.82 Å². The van der Waals surface area contributed by atoms with E-state index in [1.54, 1.807) is 24.3 Å². The number of carbonyl (C=O) groups excluding carboxylic acids is 3. The van der Waals surface area contributed by atoms with E-state index in [0.29, 0.717) is 11.5 Å². The number of benzene rings is 2. The van der Waals surface area contributed by atoms with E-state index in [9.17, 15) is 18.8 Å². The Hall–Kier alpha value is -3.33. The smallest absolute Gasteiger partial charge is 0.340 e. The normalized spacial score (nSPS) is 14.7. The van der Waals surface area contributed by atoms with Gasteiger partial charge in [0.25, 0.3) is 11.8 Å². The van der Waals surface area contributed by atoms with Crippen molar-refractivity contribution in [2.75, 3.05) is 13.2 Å². The minimum absolute atomic E-state index is 0.0310. The number of fused-ring (bicyclic) bond motifs is 1. The van der Waals surface area contributed by atoms with Gasteiger partial charge in [0.1, 0.15) is 12.4 Å². The van der Waals surface area contributed by atoms with Gasteiger partial charge in [-0.3, -0.25) is 20.4 Å². The Morgan fingerprint density at radius 2 is 1.89 bits per heavy atom. The Labute approximate surface area is 163 Å². The van der Waals surface area contributed by atoms with Gasteiger partial charge in [-0.1, -0.05) is 23.7 Å². The number of para-hydroxylation sites is 2. The molecule has 1 aliphatic rings. The molecule has 0 aromatic heterocycles. The number of nitrogens with one attached hydrogen (secondary N) is 2. The van der Waals surface area contributed by atoms with Crippen LogP contribution in [0.2, 0.25) is 5.02 Å². The molecule has 1 atom stereocenters. The van der Waals surface area contributed by atoms with Crippen LogP contribution in [0.15, 0.2) is 42.5 Å². The third kappa shape index (κ3) is 4.68. The van der Waals surface area contributed by atoms with Crippen molar-refractivity contribution in [1.82, 2.24) is 10.9 Å². The molecule has 2 aromatic rings. The highest BCUT2D eigenvalue weighted by Gasteiger charge is 2.27. The van der Waals surface area contributed by atoms with E-state index in [1.165, 1.54) is 0 Å². The van der Waals surface area contributed by atoms with Crippen molar-refractivity contribution in [2.45, 2.75) is 6.10 Å². The van der Waals surface area contributed by atoms with Crippen molar-refractivity contribution in [1.29, 1.82) is 0 Å². The first kappa shape index (κ1) is 19.4. The zero-order chi connectivity index (χ0) is 20.1. The molecule has 0 bridgehead atoms. The summed E-state index contributed by atoms with van der Waals surface area (Å²) in [6.45, 7) is -0.714. The van der Waals surface area contributed by atoms with Gasteiger partial charge in [0, 0.05) is 0 Å².